The van der Waals surface area contributed by atoms with Crippen LogP contribution in [0.15, 0.2) is 0 Å². The summed E-state index contributed by atoms with van der Waals surface area (Å²) in [6, 6.07) is 0.175. The normalized spacial score (nSPS) is 26.7. The zero-order valence-electron chi connectivity index (χ0n) is 9.53. The third-order valence-corrected chi connectivity index (χ3v) is 4.65. The van der Waals surface area contributed by atoms with Crippen molar-refractivity contribution in [1.82, 2.24) is 5.32 Å². The van der Waals surface area contributed by atoms with Gasteiger partial charge in [-0.1, -0.05) is 6.92 Å². The Balaban J connectivity index is 2.39. The molecule has 1 heterocycles. The zero-order valence-corrected chi connectivity index (χ0v) is 10.3. The summed E-state index contributed by atoms with van der Waals surface area (Å²) in [5.74, 6) is 0.870. The Hall–Kier alpha value is -0.130. The molecule has 4 nitrogen and oxygen atoms in total. The van der Waals surface area contributed by atoms with Crippen molar-refractivity contribution in [2.75, 3.05) is 31.8 Å². The van der Waals surface area contributed by atoms with Gasteiger partial charge in [0.05, 0.1) is 18.1 Å². The van der Waals surface area contributed by atoms with Crippen LogP contribution in [0.2, 0.25) is 0 Å². The molecule has 0 aromatic heterocycles. The molecular weight excluding hydrogens is 214 g/mol. The molecule has 90 valence electrons. The molecule has 1 aliphatic heterocycles. The summed E-state index contributed by atoms with van der Waals surface area (Å²) >= 11 is 0. The average Bonchev–Trinajstić information content (AvgIpc) is 2.54. The lowest BCUT2D eigenvalue weighted by atomic mass is 10.0. The van der Waals surface area contributed by atoms with Crippen LogP contribution in [0.1, 0.15) is 19.8 Å². The van der Waals surface area contributed by atoms with E-state index >= 15 is 0 Å². The van der Waals surface area contributed by atoms with E-state index in [0.717, 1.165) is 19.4 Å². The third kappa shape index (κ3) is 4.09. The zero-order chi connectivity index (χ0) is 11.3. The van der Waals surface area contributed by atoms with Gasteiger partial charge in [-0.15, -0.1) is 0 Å². The minimum atomic E-state index is -2.78. The Morgan fingerprint density at radius 1 is 1.53 bits per heavy atom. The molecule has 0 aromatic carbocycles. The maximum absolute atomic E-state index is 11.3. The van der Waals surface area contributed by atoms with E-state index in [1.54, 1.807) is 0 Å². The van der Waals surface area contributed by atoms with Crippen molar-refractivity contribution >= 4 is 9.84 Å². The van der Waals surface area contributed by atoms with Gasteiger partial charge in [-0.3, -0.25) is 0 Å². The van der Waals surface area contributed by atoms with Crippen molar-refractivity contribution in [3.8, 4) is 0 Å². The van der Waals surface area contributed by atoms with E-state index in [1.165, 1.54) is 0 Å². The standard InChI is InChI=1S/C10H21NO3S/c1-3-5-14-7-10(11-2)9-4-6-15(12,13)8-9/h9-11H,3-8H2,1-2H3. The Bertz CT molecular complexity index is 276. The van der Waals surface area contributed by atoms with E-state index in [-0.39, 0.29) is 12.0 Å². The number of nitrogens with one attached hydrogen (secondary N) is 1. The monoisotopic (exact) mass is 235 g/mol. The van der Waals surface area contributed by atoms with Crippen molar-refractivity contribution in [1.29, 1.82) is 0 Å². The van der Waals surface area contributed by atoms with Crippen molar-refractivity contribution in [2.24, 2.45) is 5.92 Å². The summed E-state index contributed by atoms with van der Waals surface area (Å²) in [7, 11) is -0.911. The Labute approximate surface area is 92.3 Å². The van der Waals surface area contributed by atoms with Crippen LogP contribution in [0, 0.1) is 5.92 Å². The van der Waals surface area contributed by atoms with Gasteiger partial charge in [-0.05, 0) is 25.8 Å². The van der Waals surface area contributed by atoms with E-state index in [2.05, 4.69) is 12.2 Å². The van der Waals surface area contributed by atoms with Crippen LogP contribution in [0.4, 0.5) is 0 Å². The topological polar surface area (TPSA) is 55.4 Å². The molecule has 0 aromatic rings. The molecule has 2 unspecified atom stereocenters. The predicted octanol–water partition coefficient (Wildman–Crippen LogP) is 0.436. The fourth-order valence-corrected chi connectivity index (χ4v) is 3.83. The first-order valence-electron chi connectivity index (χ1n) is 5.54. The highest BCUT2D eigenvalue weighted by atomic mass is 32.2. The number of likely N-dealkylation sites (N-methyl/N-ethyl adjacent to an activating group) is 1. The predicted molar refractivity (Wildman–Crippen MR) is 60.7 cm³/mol. The molecule has 0 aliphatic carbocycles. The highest BCUT2D eigenvalue weighted by Crippen LogP contribution is 2.21. The summed E-state index contributed by atoms with van der Waals surface area (Å²) in [5, 5.41) is 3.15. The molecular formula is C10H21NO3S. The molecule has 0 radical (unpaired) electrons. The SMILES string of the molecule is CCCOCC(NC)C1CCS(=O)(=O)C1. The van der Waals surface area contributed by atoms with Gasteiger partial charge >= 0.3 is 0 Å². The van der Waals surface area contributed by atoms with E-state index in [0.29, 0.717) is 18.1 Å². The molecule has 1 aliphatic rings. The molecule has 1 N–H and O–H groups in total. The summed E-state index contributed by atoms with van der Waals surface area (Å²) in [5.41, 5.74) is 0. The minimum absolute atomic E-state index is 0.175. The molecule has 1 fully saturated rings. The van der Waals surface area contributed by atoms with Crippen LogP contribution in [0.25, 0.3) is 0 Å². The molecule has 0 spiro atoms. The summed E-state index contributed by atoms with van der Waals surface area (Å²) in [6.07, 6.45) is 1.77. The van der Waals surface area contributed by atoms with Gasteiger partial charge < -0.3 is 10.1 Å². The van der Waals surface area contributed by atoms with E-state index in [4.69, 9.17) is 4.74 Å². The second kappa shape index (κ2) is 5.82. The Morgan fingerprint density at radius 3 is 2.73 bits per heavy atom. The van der Waals surface area contributed by atoms with E-state index < -0.39 is 9.84 Å². The van der Waals surface area contributed by atoms with Gasteiger partial charge in [0, 0.05) is 12.6 Å². The summed E-state index contributed by atoms with van der Waals surface area (Å²) in [4.78, 5) is 0. The first-order valence-corrected chi connectivity index (χ1v) is 7.36. The Morgan fingerprint density at radius 2 is 2.27 bits per heavy atom. The Kier molecular flexibility index (Phi) is 5.02. The maximum atomic E-state index is 11.3. The van der Waals surface area contributed by atoms with Gasteiger partial charge in [0.1, 0.15) is 0 Å². The molecule has 1 saturated heterocycles. The number of ether oxygens (including phenoxy) is 1. The van der Waals surface area contributed by atoms with Gasteiger partial charge in [0.25, 0.3) is 0 Å². The lowest BCUT2D eigenvalue weighted by Gasteiger charge is -2.21. The fourth-order valence-electron chi connectivity index (χ4n) is 1.95. The molecule has 0 saturated carbocycles. The first-order chi connectivity index (χ1) is 7.09. The van der Waals surface area contributed by atoms with Crippen LogP contribution in [0.5, 0.6) is 0 Å². The van der Waals surface area contributed by atoms with Crippen LogP contribution >= 0.6 is 0 Å². The number of hydrogen-bond acceptors (Lipinski definition) is 4. The van der Waals surface area contributed by atoms with Crippen molar-refractivity contribution in [3.63, 3.8) is 0 Å². The van der Waals surface area contributed by atoms with E-state index in [9.17, 15) is 8.42 Å². The lowest BCUT2D eigenvalue weighted by Crippen LogP contribution is -2.38. The number of sulfone groups is 1. The minimum Gasteiger partial charge on any atom is -0.380 e. The summed E-state index contributed by atoms with van der Waals surface area (Å²) in [6.45, 7) is 3.43. The van der Waals surface area contributed by atoms with E-state index in [1.807, 2.05) is 7.05 Å². The second-order valence-electron chi connectivity index (χ2n) is 4.13. The van der Waals surface area contributed by atoms with Crippen LogP contribution < -0.4 is 5.32 Å². The molecule has 1 rings (SSSR count). The molecule has 15 heavy (non-hydrogen) atoms. The third-order valence-electron chi connectivity index (χ3n) is 2.85. The smallest absolute Gasteiger partial charge is 0.150 e. The van der Waals surface area contributed by atoms with Gasteiger partial charge in [-0.25, -0.2) is 8.42 Å². The van der Waals surface area contributed by atoms with Gasteiger partial charge in [0.15, 0.2) is 9.84 Å². The fraction of sp³-hybridized carbons (Fsp3) is 1.00. The quantitative estimate of drug-likeness (QED) is 0.679. The summed E-state index contributed by atoms with van der Waals surface area (Å²) < 4.78 is 28.1. The molecule has 0 amide bonds. The van der Waals surface area contributed by atoms with Crippen LogP contribution in [-0.2, 0) is 14.6 Å². The first kappa shape index (κ1) is 12.9. The molecule has 2 atom stereocenters. The maximum Gasteiger partial charge on any atom is 0.150 e. The largest absolute Gasteiger partial charge is 0.380 e. The molecule has 0 bridgehead atoms. The second-order valence-corrected chi connectivity index (χ2v) is 6.36. The van der Waals surface area contributed by atoms with Crippen molar-refractivity contribution < 1.29 is 13.2 Å². The highest BCUT2D eigenvalue weighted by molar-refractivity contribution is 7.91. The van der Waals surface area contributed by atoms with Gasteiger partial charge in [0.2, 0.25) is 0 Å². The van der Waals surface area contributed by atoms with Crippen molar-refractivity contribution in [3.05, 3.63) is 0 Å². The van der Waals surface area contributed by atoms with Crippen molar-refractivity contribution in [2.45, 2.75) is 25.8 Å². The number of rotatable bonds is 6. The van der Waals surface area contributed by atoms with Crippen LogP contribution in [-0.4, -0.2) is 46.2 Å². The van der Waals surface area contributed by atoms with Crippen LogP contribution in [0.3, 0.4) is 0 Å². The average molecular weight is 235 g/mol. The highest BCUT2D eigenvalue weighted by Gasteiger charge is 2.32. The molecule has 5 heteroatoms. The number of hydrogen-bond donors (Lipinski definition) is 1. The lowest BCUT2D eigenvalue weighted by molar-refractivity contribution is 0.0994. The van der Waals surface area contributed by atoms with Gasteiger partial charge in [-0.2, -0.15) is 0 Å².